The van der Waals surface area contributed by atoms with Crippen LogP contribution in [0, 0.1) is 12.8 Å². The smallest absolute Gasteiger partial charge is 0.443 e. The van der Waals surface area contributed by atoms with E-state index in [2.05, 4.69) is 14.7 Å². The first-order valence-corrected chi connectivity index (χ1v) is 13.5. The van der Waals surface area contributed by atoms with Crippen molar-refractivity contribution in [3.05, 3.63) is 65.1 Å². The van der Waals surface area contributed by atoms with Gasteiger partial charge in [0.1, 0.15) is 11.5 Å². The highest BCUT2D eigenvalue weighted by Gasteiger charge is 2.34. The minimum Gasteiger partial charge on any atom is -0.443 e. The van der Waals surface area contributed by atoms with E-state index in [1.54, 1.807) is 20.0 Å². The summed E-state index contributed by atoms with van der Waals surface area (Å²) in [4.78, 5) is 36.4. The van der Waals surface area contributed by atoms with E-state index in [0.29, 0.717) is 17.7 Å². The molecule has 0 bridgehead atoms. The van der Waals surface area contributed by atoms with Crippen molar-refractivity contribution in [3.8, 4) is 11.5 Å². The van der Waals surface area contributed by atoms with Gasteiger partial charge < -0.3 is 14.6 Å². The fourth-order valence-corrected chi connectivity index (χ4v) is 4.33. The zero-order valence-electron chi connectivity index (χ0n) is 21.7. The SMILES string of the molecule is CC1=C(C(=O)N(CCCO)C(=O)[C@@H](C)I)CC(Cc2ccc(C)nc2)C(Oc2cccc(OC(F)(F)F)c2)=N1. The molecule has 1 aliphatic heterocycles. The predicted molar refractivity (Wildman–Crippen MR) is 147 cm³/mol. The van der Waals surface area contributed by atoms with Gasteiger partial charge in [0.05, 0.1) is 3.92 Å². The third kappa shape index (κ3) is 8.75. The zero-order chi connectivity index (χ0) is 28.7. The molecule has 1 N–H and O–H groups in total. The van der Waals surface area contributed by atoms with Crippen molar-refractivity contribution in [2.24, 2.45) is 10.9 Å². The van der Waals surface area contributed by atoms with Gasteiger partial charge in [-0.3, -0.25) is 19.5 Å². The Labute approximate surface area is 238 Å². The number of allylic oxidation sites excluding steroid dienone is 1. The highest BCUT2D eigenvalue weighted by atomic mass is 127. The van der Waals surface area contributed by atoms with E-state index < -0.39 is 27.9 Å². The lowest BCUT2D eigenvalue weighted by atomic mass is 9.89. The summed E-state index contributed by atoms with van der Waals surface area (Å²) in [6, 6.07) is 8.85. The molecule has 0 saturated heterocycles. The molecule has 8 nitrogen and oxygen atoms in total. The minimum atomic E-state index is -4.86. The van der Waals surface area contributed by atoms with Crippen molar-refractivity contribution in [1.82, 2.24) is 9.88 Å². The van der Waals surface area contributed by atoms with E-state index in [1.165, 1.54) is 12.1 Å². The van der Waals surface area contributed by atoms with Crippen LogP contribution < -0.4 is 9.47 Å². The molecule has 0 fully saturated rings. The van der Waals surface area contributed by atoms with Crippen molar-refractivity contribution in [2.75, 3.05) is 13.2 Å². The molecule has 1 aliphatic rings. The molecule has 1 aromatic heterocycles. The van der Waals surface area contributed by atoms with Gasteiger partial charge in [0.15, 0.2) is 5.90 Å². The molecule has 39 heavy (non-hydrogen) atoms. The minimum absolute atomic E-state index is 0.0594. The second-order valence-corrected chi connectivity index (χ2v) is 10.9. The number of halogens is 4. The van der Waals surface area contributed by atoms with Gasteiger partial charge in [0.25, 0.3) is 5.91 Å². The van der Waals surface area contributed by atoms with E-state index in [4.69, 9.17) is 4.74 Å². The van der Waals surface area contributed by atoms with Crippen LogP contribution in [0.3, 0.4) is 0 Å². The number of aliphatic hydroxyl groups excluding tert-OH is 1. The maximum atomic E-state index is 13.6. The summed E-state index contributed by atoms with van der Waals surface area (Å²) in [7, 11) is 0. The van der Waals surface area contributed by atoms with Gasteiger partial charge in [-0.05, 0) is 63.8 Å². The Morgan fingerprint density at radius 2 is 1.92 bits per heavy atom. The first kappa shape index (κ1) is 30.5. The molecular weight excluding hydrogens is 630 g/mol. The molecule has 0 radical (unpaired) electrons. The number of carbonyl (C=O) groups is 2. The molecule has 1 aromatic carbocycles. The molecule has 2 aromatic rings. The standard InChI is InChI=1S/C27H29F3IN3O5/c1-16-8-9-19(15-32-16)12-20-13-23(26(37)34(10-5-11-35)25(36)17(2)31)18(3)33-24(20)38-21-6-4-7-22(14-21)39-27(28,29)30/h4,6-9,14-15,17,20,35H,5,10-13H2,1-3H3/t17-,20?/m1/s1. The molecule has 2 atom stereocenters. The first-order chi connectivity index (χ1) is 18.4. The number of hydrogen-bond acceptors (Lipinski definition) is 7. The van der Waals surface area contributed by atoms with Crippen molar-refractivity contribution in [1.29, 1.82) is 0 Å². The Morgan fingerprint density at radius 1 is 1.21 bits per heavy atom. The normalized spacial score (nSPS) is 16.4. The third-order valence-corrected chi connectivity index (χ3v) is 6.41. The monoisotopic (exact) mass is 659 g/mol. The van der Waals surface area contributed by atoms with Crippen LogP contribution in [0.5, 0.6) is 11.5 Å². The van der Waals surface area contributed by atoms with Crippen LogP contribution in [0.2, 0.25) is 0 Å². The van der Waals surface area contributed by atoms with Gasteiger partial charge in [0.2, 0.25) is 5.91 Å². The van der Waals surface area contributed by atoms with Crippen molar-refractivity contribution < 1.29 is 37.3 Å². The van der Waals surface area contributed by atoms with Crippen LogP contribution in [0.1, 0.15) is 37.9 Å². The second kappa shape index (κ2) is 13.4. The van der Waals surface area contributed by atoms with Crippen LogP contribution in [0.15, 0.2) is 58.9 Å². The summed E-state index contributed by atoms with van der Waals surface area (Å²) in [6.45, 7) is 5.03. The van der Waals surface area contributed by atoms with Gasteiger partial charge in [-0.25, -0.2) is 4.99 Å². The van der Waals surface area contributed by atoms with Crippen molar-refractivity contribution >= 4 is 40.3 Å². The number of nitrogens with zero attached hydrogens (tertiary/aromatic N) is 3. The number of carbonyl (C=O) groups excluding carboxylic acids is 2. The number of pyridine rings is 1. The average Bonchev–Trinajstić information content (AvgIpc) is 2.86. The van der Waals surface area contributed by atoms with Crippen LogP contribution >= 0.6 is 22.6 Å². The molecule has 2 heterocycles. The first-order valence-electron chi connectivity index (χ1n) is 12.2. The molecule has 0 spiro atoms. The lowest BCUT2D eigenvalue weighted by molar-refractivity contribution is -0.274. The van der Waals surface area contributed by atoms with E-state index in [-0.39, 0.29) is 43.5 Å². The lowest BCUT2D eigenvalue weighted by Crippen LogP contribution is -2.43. The number of amides is 2. The Hall–Kier alpha value is -3.00. The van der Waals surface area contributed by atoms with Gasteiger partial charge in [0, 0.05) is 48.3 Å². The Kier molecular flexibility index (Phi) is 10.5. The number of aliphatic imine (C=N–C) groups is 1. The van der Waals surface area contributed by atoms with Crippen LogP contribution in [0.4, 0.5) is 13.2 Å². The molecule has 0 aliphatic carbocycles. The highest BCUT2D eigenvalue weighted by Crippen LogP contribution is 2.32. The molecular formula is C27H29F3IN3O5. The van der Waals surface area contributed by atoms with E-state index in [9.17, 15) is 27.9 Å². The van der Waals surface area contributed by atoms with Crippen molar-refractivity contribution in [2.45, 2.75) is 50.3 Å². The highest BCUT2D eigenvalue weighted by molar-refractivity contribution is 14.1. The number of hydrogen-bond donors (Lipinski definition) is 1. The van der Waals surface area contributed by atoms with Gasteiger partial charge in [-0.15, -0.1) is 13.2 Å². The summed E-state index contributed by atoms with van der Waals surface area (Å²) < 4.78 is 47.6. The fraction of sp³-hybridized carbons (Fsp3) is 0.407. The Bertz CT molecular complexity index is 1250. The third-order valence-electron chi connectivity index (χ3n) is 5.88. The summed E-state index contributed by atoms with van der Waals surface area (Å²) >= 11 is 1.94. The zero-order valence-corrected chi connectivity index (χ0v) is 23.8. The summed E-state index contributed by atoms with van der Waals surface area (Å²) in [5.74, 6) is -1.49. The van der Waals surface area contributed by atoms with Crippen molar-refractivity contribution in [3.63, 3.8) is 0 Å². The largest absolute Gasteiger partial charge is 0.573 e. The predicted octanol–water partition coefficient (Wildman–Crippen LogP) is 5.16. The maximum Gasteiger partial charge on any atom is 0.573 e. The average molecular weight is 659 g/mol. The molecule has 0 saturated carbocycles. The number of ether oxygens (including phenoxy) is 2. The lowest BCUT2D eigenvalue weighted by Gasteiger charge is -2.29. The van der Waals surface area contributed by atoms with Crippen LogP contribution in [-0.2, 0) is 16.0 Å². The molecule has 210 valence electrons. The Balaban J connectivity index is 1.97. The van der Waals surface area contributed by atoms with Crippen LogP contribution in [0.25, 0.3) is 0 Å². The number of benzene rings is 1. The van der Waals surface area contributed by atoms with Gasteiger partial charge in [-0.1, -0.05) is 34.7 Å². The van der Waals surface area contributed by atoms with E-state index in [1.807, 2.05) is 41.6 Å². The number of aliphatic hydroxyl groups is 1. The van der Waals surface area contributed by atoms with Crippen LogP contribution in [-0.4, -0.2) is 56.1 Å². The van der Waals surface area contributed by atoms with E-state index >= 15 is 0 Å². The van der Waals surface area contributed by atoms with Gasteiger partial charge in [-0.2, -0.15) is 0 Å². The Morgan fingerprint density at radius 3 is 2.54 bits per heavy atom. The molecule has 1 unspecified atom stereocenters. The quantitative estimate of drug-likeness (QED) is 0.295. The number of rotatable bonds is 9. The maximum absolute atomic E-state index is 13.6. The molecule has 3 rings (SSSR count). The number of alkyl halides is 4. The molecule has 2 amide bonds. The number of aryl methyl sites for hydroxylation is 1. The van der Waals surface area contributed by atoms with E-state index in [0.717, 1.165) is 28.3 Å². The summed E-state index contributed by atoms with van der Waals surface area (Å²) in [5, 5.41) is 9.28. The van der Waals surface area contributed by atoms with Gasteiger partial charge >= 0.3 is 6.36 Å². The summed E-state index contributed by atoms with van der Waals surface area (Å²) in [5.41, 5.74) is 2.33. The number of aromatic nitrogens is 1. The second-order valence-electron chi connectivity index (χ2n) is 9.04. The summed E-state index contributed by atoms with van der Waals surface area (Å²) in [6.07, 6.45) is -2.37. The fourth-order valence-electron chi connectivity index (χ4n) is 3.99. The molecule has 12 heteroatoms. The number of imide groups is 1. The topological polar surface area (TPSA) is 101 Å².